The maximum atomic E-state index is 13.8. The molecule has 1 aliphatic heterocycles. The van der Waals surface area contributed by atoms with Gasteiger partial charge in [0.15, 0.2) is 11.5 Å². The van der Waals surface area contributed by atoms with E-state index >= 15 is 0 Å². The van der Waals surface area contributed by atoms with E-state index in [0.717, 1.165) is 16.6 Å². The van der Waals surface area contributed by atoms with Gasteiger partial charge in [0.2, 0.25) is 11.9 Å². The summed E-state index contributed by atoms with van der Waals surface area (Å²) in [5, 5.41) is 2.93. The van der Waals surface area contributed by atoms with Crippen LogP contribution in [0.4, 0.5) is 5.95 Å². The van der Waals surface area contributed by atoms with Gasteiger partial charge in [0, 0.05) is 12.6 Å². The quantitative estimate of drug-likeness (QED) is 0.471. The summed E-state index contributed by atoms with van der Waals surface area (Å²) in [6.45, 7) is 0. The fraction of sp³-hybridized carbons (Fsp3) is 0.192. The van der Waals surface area contributed by atoms with Crippen LogP contribution in [0.25, 0.3) is 11.0 Å². The van der Waals surface area contributed by atoms with Gasteiger partial charge in [-0.05, 0) is 41.5 Å². The number of imidazole rings is 1. The minimum absolute atomic E-state index is 0.150. The van der Waals surface area contributed by atoms with E-state index in [1.54, 1.807) is 44.4 Å². The van der Waals surface area contributed by atoms with Gasteiger partial charge in [0.1, 0.15) is 0 Å². The third-order valence-electron chi connectivity index (χ3n) is 6.24. The molecular weight excluding hydrogens is 432 g/mol. The molecule has 8 nitrogen and oxygen atoms in total. The van der Waals surface area contributed by atoms with E-state index in [1.807, 2.05) is 48.5 Å². The van der Waals surface area contributed by atoms with Crippen LogP contribution >= 0.6 is 0 Å². The van der Waals surface area contributed by atoms with Gasteiger partial charge in [-0.3, -0.25) is 14.9 Å². The first-order chi connectivity index (χ1) is 16.5. The molecule has 4 aromatic rings. The van der Waals surface area contributed by atoms with Crippen LogP contribution in [-0.4, -0.2) is 47.9 Å². The Labute approximate surface area is 196 Å². The average Bonchev–Trinajstić information content (AvgIpc) is 3.27. The predicted octanol–water partition coefficient (Wildman–Crippen LogP) is 4.13. The molecule has 0 bridgehead atoms. The number of para-hydroxylation sites is 2. The highest BCUT2D eigenvalue weighted by atomic mass is 16.5. The second-order valence-corrected chi connectivity index (χ2v) is 8.13. The Hall–Kier alpha value is -4.33. The van der Waals surface area contributed by atoms with Crippen molar-refractivity contribution in [2.24, 2.45) is 0 Å². The number of hydrogen-bond donors (Lipinski definition) is 2. The molecule has 2 unspecified atom stereocenters. The summed E-state index contributed by atoms with van der Waals surface area (Å²) in [4.78, 5) is 36.2. The summed E-state index contributed by atoms with van der Waals surface area (Å²) >= 11 is 0. The zero-order valence-electron chi connectivity index (χ0n) is 19.0. The largest absolute Gasteiger partial charge is 0.493 e. The minimum atomic E-state index is -0.676. The van der Waals surface area contributed by atoms with Crippen LogP contribution in [-0.2, 0) is 4.79 Å². The monoisotopic (exact) mass is 456 g/mol. The Morgan fingerprint density at radius 2 is 1.74 bits per heavy atom. The highest BCUT2D eigenvalue weighted by Crippen LogP contribution is 2.44. The van der Waals surface area contributed by atoms with Gasteiger partial charge >= 0.3 is 0 Å². The van der Waals surface area contributed by atoms with E-state index < -0.39 is 12.0 Å². The van der Waals surface area contributed by atoms with Gasteiger partial charge in [0.25, 0.3) is 5.91 Å². The second kappa shape index (κ2) is 8.55. The Bertz CT molecular complexity index is 1360. The zero-order valence-corrected chi connectivity index (χ0v) is 19.0. The number of nitrogens with zero attached hydrogens (tertiary/aromatic N) is 2. The molecule has 34 heavy (non-hydrogen) atoms. The fourth-order valence-corrected chi connectivity index (χ4v) is 4.62. The molecule has 0 saturated carbocycles. The first kappa shape index (κ1) is 21.5. The van der Waals surface area contributed by atoms with Crippen molar-refractivity contribution in [3.05, 3.63) is 83.4 Å². The number of nitrogens with one attached hydrogen (secondary N) is 2. The van der Waals surface area contributed by atoms with Crippen LogP contribution in [0.2, 0.25) is 0 Å². The van der Waals surface area contributed by atoms with Crippen molar-refractivity contribution in [3.8, 4) is 11.5 Å². The van der Waals surface area contributed by atoms with Crippen LogP contribution in [0.15, 0.2) is 66.7 Å². The smallest absolute Gasteiger partial charge is 0.254 e. The highest BCUT2D eigenvalue weighted by Gasteiger charge is 2.43. The van der Waals surface area contributed by atoms with E-state index in [4.69, 9.17) is 9.47 Å². The zero-order chi connectivity index (χ0) is 23.8. The van der Waals surface area contributed by atoms with E-state index in [1.165, 1.54) is 0 Å². The SMILES string of the molecule is COc1ccc(C2C(C(=O)Nc3nc4ccccc4[nH]3)c3ccccc3C(=O)N2C)cc1OC. The van der Waals surface area contributed by atoms with E-state index in [2.05, 4.69) is 15.3 Å². The van der Waals surface area contributed by atoms with Crippen LogP contribution in [0.3, 0.4) is 0 Å². The van der Waals surface area contributed by atoms with Crippen molar-refractivity contribution in [2.75, 3.05) is 26.6 Å². The first-order valence-electron chi connectivity index (χ1n) is 10.9. The molecular formula is C26H24N4O4. The fourth-order valence-electron chi connectivity index (χ4n) is 4.62. The summed E-state index contributed by atoms with van der Waals surface area (Å²) in [7, 11) is 4.83. The molecule has 0 saturated heterocycles. The molecule has 0 radical (unpaired) electrons. The number of ether oxygens (including phenoxy) is 2. The number of benzene rings is 3. The molecule has 2 heterocycles. The lowest BCUT2D eigenvalue weighted by atomic mass is 9.79. The van der Waals surface area contributed by atoms with Crippen molar-refractivity contribution >= 4 is 28.8 Å². The minimum Gasteiger partial charge on any atom is -0.493 e. The number of H-pyrrole nitrogens is 1. The lowest BCUT2D eigenvalue weighted by Gasteiger charge is -2.39. The topological polar surface area (TPSA) is 96.5 Å². The number of carbonyl (C=O) groups excluding carboxylic acids is 2. The summed E-state index contributed by atoms with van der Waals surface area (Å²) < 4.78 is 10.8. The third kappa shape index (κ3) is 3.53. The lowest BCUT2D eigenvalue weighted by molar-refractivity contribution is -0.119. The van der Waals surface area contributed by atoms with Crippen LogP contribution in [0.5, 0.6) is 11.5 Å². The van der Waals surface area contributed by atoms with Crippen molar-refractivity contribution in [3.63, 3.8) is 0 Å². The molecule has 3 aromatic carbocycles. The molecule has 5 rings (SSSR count). The number of methoxy groups -OCH3 is 2. The van der Waals surface area contributed by atoms with Gasteiger partial charge in [-0.1, -0.05) is 36.4 Å². The Morgan fingerprint density at radius 1 is 1.00 bits per heavy atom. The molecule has 2 amide bonds. The normalized spacial score (nSPS) is 17.4. The van der Waals surface area contributed by atoms with Crippen molar-refractivity contribution < 1.29 is 19.1 Å². The van der Waals surface area contributed by atoms with Crippen molar-refractivity contribution in [2.45, 2.75) is 12.0 Å². The Kier molecular flexibility index (Phi) is 5.41. The van der Waals surface area contributed by atoms with Gasteiger partial charge < -0.3 is 19.4 Å². The number of fused-ring (bicyclic) bond motifs is 2. The van der Waals surface area contributed by atoms with Gasteiger partial charge in [-0.2, -0.15) is 0 Å². The number of rotatable bonds is 5. The lowest BCUT2D eigenvalue weighted by Crippen LogP contribution is -2.44. The third-order valence-corrected chi connectivity index (χ3v) is 6.24. The van der Waals surface area contributed by atoms with Crippen LogP contribution in [0, 0.1) is 0 Å². The summed E-state index contributed by atoms with van der Waals surface area (Å²) in [5.74, 6) is 0.351. The highest BCUT2D eigenvalue weighted by molar-refractivity contribution is 6.04. The Balaban J connectivity index is 1.60. The van der Waals surface area contributed by atoms with Crippen LogP contribution in [0.1, 0.15) is 33.4 Å². The van der Waals surface area contributed by atoms with Crippen molar-refractivity contribution in [1.29, 1.82) is 0 Å². The predicted molar refractivity (Wildman–Crippen MR) is 128 cm³/mol. The number of aromatic amines is 1. The summed E-state index contributed by atoms with van der Waals surface area (Å²) in [6, 6.07) is 19.7. The number of anilines is 1. The maximum Gasteiger partial charge on any atom is 0.254 e. The number of amides is 2. The number of aromatic nitrogens is 2. The molecule has 1 aliphatic rings. The number of likely N-dealkylation sites (N-methyl/N-ethyl adjacent to an activating group) is 1. The molecule has 2 atom stereocenters. The number of carbonyl (C=O) groups is 2. The van der Waals surface area contributed by atoms with Gasteiger partial charge in [-0.15, -0.1) is 0 Å². The van der Waals surface area contributed by atoms with Crippen LogP contribution < -0.4 is 14.8 Å². The van der Waals surface area contributed by atoms with E-state index in [-0.39, 0.29) is 11.8 Å². The number of hydrogen-bond acceptors (Lipinski definition) is 5. The molecule has 8 heteroatoms. The molecule has 1 aromatic heterocycles. The molecule has 0 spiro atoms. The van der Waals surface area contributed by atoms with Gasteiger partial charge in [0.05, 0.1) is 37.2 Å². The Morgan fingerprint density at radius 3 is 2.50 bits per heavy atom. The maximum absolute atomic E-state index is 13.8. The summed E-state index contributed by atoms with van der Waals surface area (Å²) in [5.41, 5.74) is 3.51. The molecule has 172 valence electrons. The van der Waals surface area contributed by atoms with E-state index in [9.17, 15) is 9.59 Å². The standard InChI is InChI=1S/C26H24N4O4/c1-30-23(15-12-13-20(33-2)21(14-15)34-3)22(16-8-4-5-9-17(16)25(30)32)24(31)29-26-27-18-10-6-7-11-19(18)28-26/h4-14,22-23H,1-3H3,(H2,27,28,29,31). The first-order valence-corrected chi connectivity index (χ1v) is 10.9. The molecule has 0 fully saturated rings. The van der Waals surface area contributed by atoms with Gasteiger partial charge in [-0.25, -0.2) is 4.98 Å². The summed E-state index contributed by atoms with van der Waals surface area (Å²) in [6.07, 6.45) is 0. The molecule has 2 N–H and O–H groups in total. The molecule has 0 aliphatic carbocycles. The van der Waals surface area contributed by atoms with E-state index in [0.29, 0.717) is 28.6 Å². The average molecular weight is 457 g/mol. The van der Waals surface area contributed by atoms with Crippen molar-refractivity contribution in [1.82, 2.24) is 14.9 Å². The second-order valence-electron chi connectivity index (χ2n) is 8.13.